The van der Waals surface area contributed by atoms with Gasteiger partial charge < -0.3 is 4.57 Å². The Morgan fingerprint density at radius 1 is 0.447 bits per heavy atom. The summed E-state index contributed by atoms with van der Waals surface area (Å²) >= 11 is 0. The fourth-order valence-electron chi connectivity index (χ4n) is 8.21. The molecule has 47 heavy (non-hydrogen) atoms. The summed E-state index contributed by atoms with van der Waals surface area (Å²) in [6.07, 6.45) is 0. The van der Waals surface area contributed by atoms with Gasteiger partial charge in [0, 0.05) is 5.56 Å². The molecule has 0 radical (unpaired) electrons. The third kappa shape index (κ3) is 3.76. The predicted octanol–water partition coefficient (Wildman–Crippen LogP) is 10.8. The molecule has 10 rings (SSSR count). The Bertz CT molecular complexity index is 2430. The van der Waals surface area contributed by atoms with E-state index in [2.05, 4.69) is 174 Å². The van der Waals surface area contributed by atoms with E-state index in [4.69, 9.17) is 4.98 Å². The average molecular weight is 599 g/mol. The van der Waals surface area contributed by atoms with E-state index in [0.29, 0.717) is 0 Å². The van der Waals surface area contributed by atoms with Gasteiger partial charge in [0.1, 0.15) is 5.82 Å². The number of para-hydroxylation sites is 2. The van der Waals surface area contributed by atoms with Crippen molar-refractivity contribution in [2.45, 2.75) is 12.0 Å². The van der Waals surface area contributed by atoms with Crippen molar-refractivity contribution in [3.63, 3.8) is 0 Å². The van der Waals surface area contributed by atoms with E-state index in [-0.39, 0.29) is 0 Å². The molecular formula is C45H30N2. The number of hydrogen-bond acceptors (Lipinski definition) is 1. The highest BCUT2D eigenvalue weighted by molar-refractivity contribution is 5.89. The van der Waals surface area contributed by atoms with Crippen molar-refractivity contribution < 1.29 is 0 Å². The van der Waals surface area contributed by atoms with Gasteiger partial charge in [-0.1, -0.05) is 146 Å². The summed E-state index contributed by atoms with van der Waals surface area (Å²) in [5.41, 5.74) is 17.2. The van der Waals surface area contributed by atoms with Crippen LogP contribution in [0.2, 0.25) is 0 Å². The van der Waals surface area contributed by atoms with Gasteiger partial charge >= 0.3 is 0 Å². The van der Waals surface area contributed by atoms with Crippen LogP contribution in [0.15, 0.2) is 170 Å². The van der Waals surface area contributed by atoms with Crippen LogP contribution < -0.4 is 0 Å². The van der Waals surface area contributed by atoms with Gasteiger partial charge in [0.25, 0.3) is 0 Å². The minimum Gasteiger partial charge on any atom is -0.319 e. The van der Waals surface area contributed by atoms with Crippen LogP contribution in [-0.4, -0.2) is 9.55 Å². The lowest BCUT2D eigenvalue weighted by Gasteiger charge is -2.34. The molecule has 0 amide bonds. The number of imidazole rings is 1. The molecular weight excluding hydrogens is 569 g/mol. The molecule has 0 atom stereocenters. The van der Waals surface area contributed by atoms with Crippen LogP contribution in [0.3, 0.4) is 0 Å². The zero-order chi connectivity index (χ0) is 31.0. The highest BCUT2D eigenvalue weighted by atomic mass is 15.1. The van der Waals surface area contributed by atoms with Gasteiger partial charge in [0.05, 0.1) is 23.0 Å². The maximum absolute atomic E-state index is 4.93. The summed E-state index contributed by atoms with van der Waals surface area (Å²) in [5.74, 6) is 1.07. The Morgan fingerprint density at radius 3 is 1.72 bits per heavy atom. The zero-order valence-corrected chi connectivity index (χ0v) is 25.8. The van der Waals surface area contributed by atoms with Crippen LogP contribution in [0.4, 0.5) is 0 Å². The second kappa shape index (κ2) is 10.0. The molecule has 0 bridgehead atoms. The van der Waals surface area contributed by atoms with Gasteiger partial charge in [-0.2, -0.15) is 0 Å². The van der Waals surface area contributed by atoms with E-state index >= 15 is 0 Å². The van der Waals surface area contributed by atoms with Crippen molar-refractivity contribution in [2.24, 2.45) is 0 Å². The van der Waals surface area contributed by atoms with Crippen LogP contribution in [-0.2, 0) is 12.0 Å². The number of aromatic nitrogens is 2. The molecule has 7 aromatic carbocycles. The fraction of sp³-hybridized carbons (Fsp3) is 0.0444. The summed E-state index contributed by atoms with van der Waals surface area (Å²) in [5, 5.41) is 0. The van der Waals surface area contributed by atoms with Gasteiger partial charge in [0.2, 0.25) is 0 Å². The lowest BCUT2D eigenvalue weighted by molar-refractivity contribution is 0.769. The van der Waals surface area contributed by atoms with Crippen molar-refractivity contribution in [2.75, 3.05) is 0 Å². The van der Waals surface area contributed by atoms with Crippen LogP contribution in [0, 0.1) is 0 Å². The lowest BCUT2D eigenvalue weighted by Crippen LogP contribution is -2.28. The molecule has 2 nitrogen and oxygen atoms in total. The summed E-state index contributed by atoms with van der Waals surface area (Å²) in [7, 11) is 0. The SMILES string of the molecule is c1ccc(C2(c3ccccc3)c3ccccc3-c3ccc(-c4ccc(-c5ccc6c(c5)Cn5c-6nc6ccccc65)cc4)cc32)cc1. The fourth-order valence-corrected chi connectivity index (χ4v) is 8.21. The molecule has 0 fully saturated rings. The molecule has 0 N–H and O–H groups in total. The van der Waals surface area contributed by atoms with E-state index in [9.17, 15) is 0 Å². The Hall–Kier alpha value is -5.99. The third-order valence-corrected chi connectivity index (χ3v) is 10.3. The highest BCUT2D eigenvalue weighted by Gasteiger charge is 2.46. The first-order chi connectivity index (χ1) is 23.3. The Balaban J connectivity index is 1.06. The standard InChI is InChI=1S/C45H30N2/c1-3-11-35(12-4-1)45(36-13-5-2-6-14-36)40-16-8-7-15-38(40)39-26-24-33(28-41(39)45)31-21-19-30(20-22-31)32-23-25-37-34(27-32)29-47-43-18-10-9-17-42(43)46-44(37)47/h1-28H,29H2. The first kappa shape index (κ1) is 26.2. The second-order valence-electron chi connectivity index (χ2n) is 12.7. The Kier molecular flexibility index (Phi) is 5.59. The van der Waals surface area contributed by atoms with E-state index in [1.807, 2.05) is 0 Å². The topological polar surface area (TPSA) is 17.8 Å². The quantitative estimate of drug-likeness (QED) is 0.197. The maximum atomic E-state index is 4.93. The Morgan fingerprint density at radius 2 is 1.00 bits per heavy atom. The minimum atomic E-state index is -0.395. The molecule has 8 aromatic rings. The molecule has 0 spiro atoms. The number of hydrogen-bond donors (Lipinski definition) is 0. The largest absolute Gasteiger partial charge is 0.319 e. The average Bonchev–Trinajstić information content (AvgIpc) is 3.79. The minimum absolute atomic E-state index is 0.395. The predicted molar refractivity (Wildman–Crippen MR) is 192 cm³/mol. The summed E-state index contributed by atoms with van der Waals surface area (Å²) in [6, 6.07) is 62.3. The third-order valence-electron chi connectivity index (χ3n) is 10.3. The van der Waals surface area contributed by atoms with Gasteiger partial charge in [-0.3, -0.25) is 0 Å². The van der Waals surface area contributed by atoms with Crippen LogP contribution in [0.25, 0.3) is 55.8 Å². The van der Waals surface area contributed by atoms with E-state index < -0.39 is 5.41 Å². The lowest BCUT2D eigenvalue weighted by atomic mass is 9.67. The number of nitrogens with zero attached hydrogens (tertiary/aromatic N) is 2. The van der Waals surface area contributed by atoms with E-state index in [0.717, 1.165) is 17.9 Å². The van der Waals surface area contributed by atoms with Crippen molar-refractivity contribution in [1.82, 2.24) is 9.55 Å². The van der Waals surface area contributed by atoms with Gasteiger partial charge in [-0.05, 0) is 85.5 Å². The molecule has 220 valence electrons. The van der Waals surface area contributed by atoms with Crippen LogP contribution >= 0.6 is 0 Å². The molecule has 0 saturated carbocycles. The monoisotopic (exact) mass is 598 g/mol. The van der Waals surface area contributed by atoms with Crippen molar-refractivity contribution >= 4 is 11.0 Å². The molecule has 1 aliphatic carbocycles. The van der Waals surface area contributed by atoms with Crippen LogP contribution in [0.1, 0.15) is 27.8 Å². The second-order valence-corrected chi connectivity index (χ2v) is 12.7. The van der Waals surface area contributed by atoms with E-state index in [1.165, 1.54) is 72.3 Å². The molecule has 2 aliphatic rings. The first-order valence-corrected chi connectivity index (χ1v) is 16.3. The molecule has 0 unspecified atom stereocenters. The van der Waals surface area contributed by atoms with Gasteiger partial charge in [0.15, 0.2) is 0 Å². The normalized spacial score (nSPS) is 13.6. The van der Waals surface area contributed by atoms with Crippen molar-refractivity contribution in [3.05, 3.63) is 198 Å². The first-order valence-electron chi connectivity index (χ1n) is 16.3. The van der Waals surface area contributed by atoms with Crippen molar-refractivity contribution in [1.29, 1.82) is 0 Å². The summed E-state index contributed by atoms with van der Waals surface area (Å²) in [4.78, 5) is 4.93. The zero-order valence-electron chi connectivity index (χ0n) is 25.8. The number of rotatable bonds is 4. The smallest absolute Gasteiger partial charge is 0.141 e. The molecule has 1 aliphatic heterocycles. The van der Waals surface area contributed by atoms with E-state index in [1.54, 1.807) is 0 Å². The van der Waals surface area contributed by atoms with Gasteiger partial charge in [-0.15, -0.1) is 0 Å². The highest BCUT2D eigenvalue weighted by Crippen LogP contribution is 2.56. The molecule has 2 heterocycles. The van der Waals surface area contributed by atoms with Gasteiger partial charge in [-0.25, -0.2) is 4.98 Å². The molecule has 0 saturated heterocycles. The molecule has 1 aromatic heterocycles. The maximum Gasteiger partial charge on any atom is 0.141 e. The summed E-state index contributed by atoms with van der Waals surface area (Å²) < 4.78 is 2.34. The number of benzene rings is 7. The Labute approximate surface area is 274 Å². The summed E-state index contributed by atoms with van der Waals surface area (Å²) in [6.45, 7) is 0.860. The van der Waals surface area contributed by atoms with Crippen LogP contribution in [0.5, 0.6) is 0 Å². The number of fused-ring (bicyclic) bond motifs is 8. The molecule has 2 heteroatoms. The van der Waals surface area contributed by atoms with Crippen molar-refractivity contribution in [3.8, 4) is 44.8 Å².